The van der Waals surface area contributed by atoms with Crippen LogP contribution >= 0.6 is 0 Å². The maximum atomic E-state index is 14.0. The van der Waals surface area contributed by atoms with Crippen molar-refractivity contribution in [2.45, 2.75) is 25.2 Å². The van der Waals surface area contributed by atoms with E-state index in [0.717, 1.165) is 7.11 Å². The second kappa shape index (κ2) is 5.82. The Bertz CT molecular complexity index is 504. The highest BCUT2D eigenvalue weighted by Crippen LogP contribution is 2.36. The van der Waals surface area contributed by atoms with Gasteiger partial charge in [0, 0.05) is 11.8 Å². The molecule has 0 spiro atoms. The molecular weight excluding hydrogens is 269 g/mol. The van der Waals surface area contributed by atoms with Crippen molar-refractivity contribution in [2.24, 2.45) is 0 Å². The first-order chi connectivity index (χ1) is 9.54. The van der Waals surface area contributed by atoms with Crippen LogP contribution in [-0.2, 0) is 24.6 Å². The number of aliphatic hydroxyl groups is 1. The van der Waals surface area contributed by atoms with E-state index in [9.17, 15) is 14.3 Å². The van der Waals surface area contributed by atoms with E-state index in [-0.39, 0.29) is 17.5 Å². The molecule has 0 bridgehead atoms. The SMILES string of the molecule is CCC(O)(C(=O)OC)c1ccnc(F)c1C1OCCO1. The first-order valence-corrected chi connectivity index (χ1v) is 6.23. The van der Waals surface area contributed by atoms with Crippen molar-refractivity contribution in [1.29, 1.82) is 0 Å². The van der Waals surface area contributed by atoms with Gasteiger partial charge in [-0.2, -0.15) is 4.39 Å². The maximum absolute atomic E-state index is 14.0. The maximum Gasteiger partial charge on any atom is 0.342 e. The molecule has 1 fully saturated rings. The van der Waals surface area contributed by atoms with Crippen LogP contribution in [0.1, 0.15) is 30.8 Å². The number of rotatable bonds is 4. The van der Waals surface area contributed by atoms with Gasteiger partial charge in [-0.15, -0.1) is 0 Å². The van der Waals surface area contributed by atoms with Crippen LogP contribution in [0.5, 0.6) is 0 Å². The second-order valence-electron chi connectivity index (χ2n) is 4.34. The van der Waals surface area contributed by atoms with E-state index in [1.54, 1.807) is 6.92 Å². The third-order valence-corrected chi connectivity index (χ3v) is 3.28. The number of esters is 1. The highest BCUT2D eigenvalue weighted by Gasteiger charge is 2.42. The summed E-state index contributed by atoms with van der Waals surface area (Å²) in [5.74, 6) is -1.71. The van der Waals surface area contributed by atoms with E-state index in [0.29, 0.717) is 13.2 Å². The van der Waals surface area contributed by atoms with Crippen LogP contribution in [0, 0.1) is 5.95 Å². The van der Waals surface area contributed by atoms with Gasteiger partial charge in [-0.1, -0.05) is 6.92 Å². The molecule has 1 N–H and O–H groups in total. The van der Waals surface area contributed by atoms with Gasteiger partial charge in [0.2, 0.25) is 5.95 Å². The van der Waals surface area contributed by atoms with Gasteiger partial charge in [-0.25, -0.2) is 9.78 Å². The number of halogens is 1. The summed E-state index contributed by atoms with van der Waals surface area (Å²) in [6.07, 6.45) is 0.205. The Hall–Kier alpha value is -1.57. The second-order valence-corrected chi connectivity index (χ2v) is 4.34. The molecule has 0 aliphatic carbocycles. The summed E-state index contributed by atoms with van der Waals surface area (Å²) in [5, 5.41) is 10.5. The summed E-state index contributed by atoms with van der Waals surface area (Å²) in [6, 6.07) is 1.36. The number of carbonyl (C=O) groups is 1. The van der Waals surface area contributed by atoms with Gasteiger partial charge >= 0.3 is 5.97 Å². The van der Waals surface area contributed by atoms with Crippen molar-refractivity contribution in [1.82, 2.24) is 4.98 Å². The molecule has 1 atom stereocenters. The summed E-state index contributed by atoms with van der Waals surface area (Å²) in [6.45, 7) is 2.21. The molecule has 1 aromatic heterocycles. The Morgan fingerprint density at radius 3 is 2.80 bits per heavy atom. The predicted molar refractivity (Wildman–Crippen MR) is 65.0 cm³/mol. The zero-order valence-corrected chi connectivity index (χ0v) is 11.3. The number of carbonyl (C=O) groups excluding carboxylic acids is 1. The van der Waals surface area contributed by atoms with Crippen molar-refractivity contribution in [3.05, 3.63) is 29.3 Å². The molecule has 1 saturated heterocycles. The molecule has 1 aromatic rings. The number of hydrogen-bond donors (Lipinski definition) is 1. The summed E-state index contributed by atoms with van der Waals surface area (Å²) in [7, 11) is 1.16. The van der Waals surface area contributed by atoms with Crippen molar-refractivity contribution in [3.8, 4) is 0 Å². The highest BCUT2D eigenvalue weighted by molar-refractivity contribution is 5.81. The largest absolute Gasteiger partial charge is 0.467 e. The zero-order chi connectivity index (χ0) is 14.8. The van der Waals surface area contributed by atoms with Gasteiger partial charge in [0.15, 0.2) is 11.9 Å². The van der Waals surface area contributed by atoms with Gasteiger partial charge < -0.3 is 19.3 Å². The van der Waals surface area contributed by atoms with Gasteiger partial charge in [0.25, 0.3) is 0 Å². The molecule has 1 aliphatic heterocycles. The Balaban J connectivity index is 2.55. The van der Waals surface area contributed by atoms with Crippen LogP contribution in [0.4, 0.5) is 4.39 Å². The Morgan fingerprint density at radius 2 is 2.25 bits per heavy atom. The van der Waals surface area contributed by atoms with Gasteiger partial charge in [-0.3, -0.25) is 0 Å². The minimum atomic E-state index is -1.97. The van der Waals surface area contributed by atoms with Crippen LogP contribution in [0.3, 0.4) is 0 Å². The van der Waals surface area contributed by atoms with E-state index in [1.807, 2.05) is 0 Å². The lowest BCUT2D eigenvalue weighted by molar-refractivity contribution is -0.164. The molecule has 0 aromatic carbocycles. The van der Waals surface area contributed by atoms with Crippen LogP contribution in [0.15, 0.2) is 12.3 Å². The molecule has 2 rings (SSSR count). The Morgan fingerprint density at radius 1 is 1.60 bits per heavy atom. The lowest BCUT2D eigenvalue weighted by Gasteiger charge is -2.27. The van der Waals surface area contributed by atoms with Crippen molar-refractivity contribution >= 4 is 5.97 Å². The zero-order valence-electron chi connectivity index (χ0n) is 11.3. The molecule has 0 amide bonds. The van der Waals surface area contributed by atoms with Crippen LogP contribution < -0.4 is 0 Å². The molecule has 110 valence electrons. The fraction of sp³-hybridized carbons (Fsp3) is 0.538. The summed E-state index contributed by atoms with van der Waals surface area (Å²) in [4.78, 5) is 15.4. The van der Waals surface area contributed by atoms with E-state index in [1.165, 1.54) is 12.3 Å². The number of pyridine rings is 1. The van der Waals surface area contributed by atoms with Crippen LogP contribution in [0.2, 0.25) is 0 Å². The van der Waals surface area contributed by atoms with E-state index >= 15 is 0 Å². The smallest absolute Gasteiger partial charge is 0.342 e. The predicted octanol–water partition coefficient (Wildman–Crippen LogP) is 1.04. The molecule has 0 saturated carbocycles. The van der Waals surface area contributed by atoms with Crippen LogP contribution in [-0.4, -0.2) is 36.4 Å². The van der Waals surface area contributed by atoms with Crippen molar-refractivity contribution in [3.63, 3.8) is 0 Å². The van der Waals surface area contributed by atoms with Crippen molar-refractivity contribution < 1.29 is 28.5 Å². The Kier molecular flexibility index (Phi) is 4.32. The molecule has 1 unspecified atom stereocenters. The first-order valence-electron chi connectivity index (χ1n) is 6.23. The third kappa shape index (κ3) is 2.39. The molecule has 20 heavy (non-hydrogen) atoms. The number of hydrogen-bond acceptors (Lipinski definition) is 6. The Labute approximate surface area is 115 Å². The molecule has 2 heterocycles. The number of ether oxygens (including phenoxy) is 3. The van der Waals surface area contributed by atoms with E-state index < -0.39 is 23.8 Å². The fourth-order valence-corrected chi connectivity index (χ4v) is 2.17. The third-order valence-electron chi connectivity index (χ3n) is 3.28. The lowest BCUT2D eigenvalue weighted by atomic mass is 9.88. The molecule has 7 heteroatoms. The summed E-state index contributed by atoms with van der Waals surface area (Å²) < 4.78 is 29.1. The van der Waals surface area contributed by atoms with Gasteiger partial charge in [-0.05, 0) is 12.5 Å². The number of methoxy groups -OCH3 is 1. The van der Waals surface area contributed by atoms with Crippen molar-refractivity contribution in [2.75, 3.05) is 20.3 Å². The monoisotopic (exact) mass is 285 g/mol. The fourth-order valence-electron chi connectivity index (χ4n) is 2.17. The topological polar surface area (TPSA) is 77.9 Å². The molecule has 0 radical (unpaired) electrons. The lowest BCUT2D eigenvalue weighted by Crippen LogP contribution is -2.38. The normalized spacial score (nSPS) is 18.8. The molecular formula is C13H16FNO5. The average molecular weight is 285 g/mol. The average Bonchev–Trinajstić information content (AvgIpc) is 2.99. The van der Waals surface area contributed by atoms with E-state index in [2.05, 4.69) is 9.72 Å². The van der Waals surface area contributed by atoms with E-state index in [4.69, 9.17) is 9.47 Å². The minimum Gasteiger partial charge on any atom is -0.467 e. The first kappa shape index (κ1) is 14.8. The number of nitrogens with zero attached hydrogens (tertiary/aromatic N) is 1. The minimum absolute atomic E-state index is 0.0167. The summed E-state index contributed by atoms with van der Waals surface area (Å²) >= 11 is 0. The highest BCUT2D eigenvalue weighted by atomic mass is 19.1. The molecule has 6 nitrogen and oxygen atoms in total. The van der Waals surface area contributed by atoms with Gasteiger partial charge in [0.05, 0.1) is 25.9 Å². The van der Waals surface area contributed by atoms with Gasteiger partial charge in [0.1, 0.15) is 0 Å². The quantitative estimate of drug-likeness (QED) is 0.658. The molecule has 1 aliphatic rings. The van der Waals surface area contributed by atoms with Crippen LogP contribution in [0.25, 0.3) is 0 Å². The summed E-state index contributed by atoms with van der Waals surface area (Å²) in [5.41, 5.74) is -1.99. The standard InChI is InChI=1S/C13H16FNO5/c1-3-13(17,12(16)18-2)8-4-5-15-10(14)9(8)11-19-6-7-20-11/h4-5,11,17H,3,6-7H2,1-2H3. The number of aromatic nitrogens is 1.